The number of nitrogens with zero attached hydrogens (tertiary/aromatic N) is 8. The van der Waals surface area contributed by atoms with Crippen LogP contribution in [0.3, 0.4) is 0 Å². The van der Waals surface area contributed by atoms with Crippen LogP contribution < -0.4 is 0 Å². The largest absolute Gasteiger partial charge is 0.249 e. The maximum atomic E-state index is 5.24. The molecule has 0 radical (unpaired) electrons. The molecule has 0 amide bonds. The molecular weight excluding hydrogens is 520 g/mol. The molecule has 42 heavy (non-hydrogen) atoms. The first-order chi connectivity index (χ1) is 20.8. The molecule has 6 aliphatic carbocycles. The summed E-state index contributed by atoms with van der Waals surface area (Å²) >= 11 is 0. The highest BCUT2D eigenvalue weighted by Crippen LogP contribution is 2.52. The molecule has 4 atom stereocenters. The molecule has 0 saturated carbocycles. The molecule has 0 spiro atoms. The molecule has 13 rings (SSSR count). The van der Waals surface area contributed by atoms with E-state index in [2.05, 4.69) is 12.1 Å². The molecule has 8 nitrogen and oxygen atoms in total. The molecule has 7 aromatic rings. The van der Waals surface area contributed by atoms with Gasteiger partial charge >= 0.3 is 0 Å². The first-order valence-corrected chi connectivity index (χ1v) is 14.8. The SMILES string of the molecule is c1ccc2nc3c(nc2c1)C1CCC3c2nc3cc4nc5c(nc4cc3nc21)C1CCC5c2nc3ccccc3nc21. The lowest BCUT2D eigenvalue weighted by atomic mass is 9.71. The average molecular weight is 543 g/mol. The summed E-state index contributed by atoms with van der Waals surface area (Å²) in [6.07, 6.45) is 4.10. The van der Waals surface area contributed by atoms with Crippen LogP contribution in [-0.4, -0.2) is 39.9 Å². The third-order valence-corrected chi connectivity index (χ3v) is 9.94. The average Bonchev–Trinajstić information content (AvgIpc) is 3.04. The lowest BCUT2D eigenvalue weighted by Gasteiger charge is -2.37. The zero-order chi connectivity index (χ0) is 27.1. The first-order valence-electron chi connectivity index (χ1n) is 14.8. The second-order valence-corrected chi connectivity index (χ2v) is 12.1. The lowest BCUT2D eigenvalue weighted by molar-refractivity contribution is 0.477. The number of fused-ring (bicyclic) bond motifs is 6. The van der Waals surface area contributed by atoms with Crippen molar-refractivity contribution in [2.24, 2.45) is 0 Å². The summed E-state index contributed by atoms with van der Waals surface area (Å²) in [6.45, 7) is 0. The molecule has 0 aliphatic heterocycles. The van der Waals surface area contributed by atoms with Gasteiger partial charge in [0.05, 0.1) is 89.7 Å². The van der Waals surface area contributed by atoms with Gasteiger partial charge in [0.15, 0.2) is 0 Å². The maximum absolute atomic E-state index is 5.24. The van der Waals surface area contributed by atoms with Gasteiger partial charge in [-0.05, 0) is 62.1 Å². The summed E-state index contributed by atoms with van der Waals surface area (Å²) in [4.78, 5) is 41.2. The number of aromatic nitrogens is 8. The van der Waals surface area contributed by atoms with E-state index >= 15 is 0 Å². The summed E-state index contributed by atoms with van der Waals surface area (Å²) in [5, 5.41) is 0. The van der Waals surface area contributed by atoms with E-state index in [4.69, 9.17) is 39.9 Å². The predicted octanol–water partition coefficient (Wildman–Crippen LogP) is 6.20. The molecule has 4 unspecified atom stereocenters. The highest BCUT2D eigenvalue weighted by molar-refractivity contribution is 5.91. The van der Waals surface area contributed by atoms with E-state index in [0.717, 1.165) is 115 Å². The van der Waals surface area contributed by atoms with Crippen LogP contribution in [0.1, 0.15) is 94.9 Å². The maximum Gasteiger partial charge on any atom is 0.0913 e. The molecule has 0 N–H and O–H groups in total. The fraction of sp³-hybridized carbons (Fsp3) is 0.235. The Hall–Kier alpha value is -4.98. The van der Waals surface area contributed by atoms with Gasteiger partial charge in [-0.25, -0.2) is 39.9 Å². The second-order valence-electron chi connectivity index (χ2n) is 12.1. The normalized spacial score (nSPS) is 22.9. The van der Waals surface area contributed by atoms with Gasteiger partial charge in [-0.2, -0.15) is 0 Å². The van der Waals surface area contributed by atoms with Gasteiger partial charge in [0.1, 0.15) is 0 Å². The minimum absolute atomic E-state index is 0.125. The van der Waals surface area contributed by atoms with Gasteiger partial charge in [0, 0.05) is 23.7 Å². The fourth-order valence-electron chi connectivity index (χ4n) is 8.05. The van der Waals surface area contributed by atoms with Crippen molar-refractivity contribution in [3.8, 4) is 0 Å². The van der Waals surface area contributed by atoms with E-state index in [9.17, 15) is 0 Å². The zero-order valence-electron chi connectivity index (χ0n) is 22.5. The van der Waals surface area contributed by atoms with Crippen LogP contribution >= 0.6 is 0 Å². The number of hydrogen-bond acceptors (Lipinski definition) is 8. The molecule has 8 heteroatoms. The molecular formula is C34H22N8. The van der Waals surface area contributed by atoms with Crippen LogP contribution in [0.5, 0.6) is 0 Å². The number of hydrogen-bond donors (Lipinski definition) is 0. The fourth-order valence-corrected chi connectivity index (χ4v) is 8.05. The minimum atomic E-state index is 0.125. The lowest BCUT2D eigenvalue weighted by Crippen LogP contribution is -2.29. The smallest absolute Gasteiger partial charge is 0.0913 e. The quantitative estimate of drug-likeness (QED) is 0.209. The van der Waals surface area contributed by atoms with Crippen LogP contribution in [0, 0.1) is 0 Å². The highest BCUT2D eigenvalue weighted by Gasteiger charge is 2.44. The minimum Gasteiger partial charge on any atom is -0.249 e. The van der Waals surface area contributed by atoms with Crippen LogP contribution in [0.25, 0.3) is 44.1 Å². The van der Waals surface area contributed by atoms with Crippen LogP contribution in [0.15, 0.2) is 60.7 Å². The molecule has 198 valence electrons. The third-order valence-electron chi connectivity index (χ3n) is 9.94. The molecule has 4 heterocycles. The number of para-hydroxylation sites is 4. The summed E-state index contributed by atoms with van der Waals surface area (Å²) < 4.78 is 0. The molecule has 3 aromatic carbocycles. The van der Waals surface area contributed by atoms with Crippen molar-refractivity contribution < 1.29 is 0 Å². The molecule has 0 fully saturated rings. The number of rotatable bonds is 0. The molecule has 0 saturated heterocycles. The Labute approximate surface area is 239 Å². The second kappa shape index (κ2) is 7.45. The van der Waals surface area contributed by atoms with Gasteiger partial charge in [0.25, 0.3) is 0 Å². The molecule has 4 aromatic heterocycles. The van der Waals surface area contributed by atoms with Crippen molar-refractivity contribution in [1.29, 1.82) is 0 Å². The van der Waals surface area contributed by atoms with Gasteiger partial charge in [-0.1, -0.05) is 24.3 Å². The highest BCUT2D eigenvalue weighted by atomic mass is 15.0. The Bertz CT molecular complexity index is 2040. The predicted molar refractivity (Wildman–Crippen MR) is 158 cm³/mol. The van der Waals surface area contributed by atoms with Gasteiger partial charge in [-0.15, -0.1) is 0 Å². The van der Waals surface area contributed by atoms with Crippen molar-refractivity contribution in [2.75, 3.05) is 0 Å². The zero-order valence-corrected chi connectivity index (χ0v) is 22.5. The van der Waals surface area contributed by atoms with Crippen molar-refractivity contribution >= 4 is 44.1 Å². The van der Waals surface area contributed by atoms with E-state index in [1.807, 2.05) is 48.5 Å². The summed E-state index contributed by atoms with van der Waals surface area (Å²) in [6, 6.07) is 20.4. The van der Waals surface area contributed by atoms with Crippen molar-refractivity contribution in [1.82, 2.24) is 39.9 Å². The van der Waals surface area contributed by atoms with Gasteiger partial charge in [-0.3, -0.25) is 0 Å². The Morgan fingerprint density at radius 2 is 0.524 bits per heavy atom. The Morgan fingerprint density at radius 3 is 0.762 bits per heavy atom. The van der Waals surface area contributed by atoms with E-state index in [1.54, 1.807) is 0 Å². The molecule has 4 bridgehead atoms. The van der Waals surface area contributed by atoms with Crippen LogP contribution in [0.2, 0.25) is 0 Å². The summed E-state index contributed by atoms with van der Waals surface area (Å²) in [7, 11) is 0. The van der Waals surface area contributed by atoms with Gasteiger partial charge < -0.3 is 0 Å². The topological polar surface area (TPSA) is 103 Å². The Balaban J connectivity index is 1.09. The van der Waals surface area contributed by atoms with E-state index in [1.165, 1.54) is 0 Å². The van der Waals surface area contributed by atoms with Crippen molar-refractivity contribution in [3.63, 3.8) is 0 Å². The summed E-state index contributed by atoms with van der Waals surface area (Å²) in [5.41, 5.74) is 15.7. The Morgan fingerprint density at radius 1 is 0.310 bits per heavy atom. The third kappa shape index (κ3) is 2.68. The van der Waals surface area contributed by atoms with Crippen LogP contribution in [0.4, 0.5) is 0 Å². The number of benzene rings is 3. The Kier molecular flexibility index (Phi) is 3.85. The monoisotopic (exact) mass is 542 g/mol. The van der Waals surface area contributed by atoms with Gasteiger partial charge in [0.2, 0.25) is 0 Å². The van der Waals surface area contributed by atoms with Crippen molar-refractivity contribution in [3.05, 3.63) is 106 Å². The first kappa shape index (κ1) is 21.7. The van der Waals surface area contributed by atoms with E-state index in [0.29, 0.717) is 0 Å². The van der Waals surface area contributed by atoms with E-state index in [-0.39, 0.29) is 23.7 Å². The summed E-state index contributed by atoms with van der Waals surface area (Å²) in [5.74, 6) is 0.500. The van der Waals surface area contributed by atoms with Crippen LogP contribution in [-0.2, 0) is 0 Å². The van der Waals surface area contributed by atoms with E-state index < -0.39 is 0 Å². The standard InChI is InChI=1S/C34H22N8/c1-2-6-20-19(5-1)35-27-15-9-10-16(28(27)36-20)32-31(15)39-23-13-25-26(14-24(23)40-32)42-34-18-12-11-17(33(34)41-25)29-30(18)38-22-8-4-3-7-21(22)37-29/h1-8,13-18H,9-12H2. The molecule has 6 aliphatic rings. The van der Waals surface area contributed by atoms with Crippen molar-refractivity contribution in [2.45, 2.75) is 49.4 Å².